The molecule has 1 atom stereocenters. The largest absolute Gasteiger partial charge is 0.227 e. The smallest absolute Gasteiger partial charge is 0.211 e. The van der Waals surface area contributed by atoms with E-state index in [0.717, 1.165) is 10.0 Å². The summed E-state index contributed by atoms with van der Waals surface area (Å²) in [5, 5.41) is 7.50. The number of nitrogens with one attached hydrogen (secondary N) is 1. The molecule has 1 aromatic carbocycles. The molecule has 4 nitrogen and oxygen atoms in total. The molecule has 0 amide bonds. The van der Waals surface area contributed by atoms with Gasteiger partial charge in [-0.1, -0.05) is 34.1 Å². The predicted octanol–water partition coefficient (Wildman–Crippen LogP) is 1.78. The van der Waals surface area contributed by atoms with Gasteiger partial charge >= 0.3 is 0 Å². The quantitative estimate of drug-likeness (QED) is 0.921. The van der Waals surface area contributed by atoms with E-state index >= 15 is 0 Å². The molecule has 0 aliphatic carbocycles. The topological polar surface area (TPSA) is 70.0 Å². The lowest BCUT2D eigenvalue weighted by atomic mass is 10.2. The van der Waals surface area contributed by atoms with E-state index in [9.17, 15) is 8.42 Å². The molecular weight excluding hydrogens is 292 g/mol. The second-order valence-electron chi connectivity index (χ2n) is 3.23. The van der Waals surface area contributed by atoms with Gasteiger partial charge in [0.1, 0.15) is 0 Å². The molecular formula is C10H11BrN2O2S. The maximum absolute atomic E-state index is 11.5. The summed E-state index contributed by atoms with van der Waals surface area (Å²) in [5.74, 6) is 0. The summed E-state index contributed by atoms with van der Waals surface area (Å²) < 4.78 is 26.2. The minimum Gasteiger partial charge on any atom is -0.211 e. The first-order valence-corrected chi connectivity index (χ1v) is 6.93. The molecule has 16 heavy (non-hydrogen) atoms. The van der Waals surface area contributed by atoms with Crippen LogP contribution in [0.1, 0.15) is 12.5 Å². The molecule has 0 spiro atoms. The highest BCUT2D eigenvalue weighted by atomic mass is 79.9. The van der Waals surface area contributed by atoms with Crippen molar-refractivity contribution in [3.05, 3.63) is 34.3 Å². The lowest BCUT2D eigenvalue weighted by molar-refractivity contribution is 0.577. The second-order valence-corrected chi connectivity index (χ2v) is 6.17. The van der Waals surface area contributed by atoms with Gasteiger partial charge in [-0.2, -0.15) is 5.26 Å². The molecule has 1 unspecified atom stereocenters. The summed E-state index contributed by atoms with van der Waals surface area (Å²) in [6, 6.07) is 9.00. The van der Waals surface area contributed by atoms with Crippen LogP contribution in [0.5, 0.6) is 0 Å². The molecule has 0 saturated heterocycles. The molecule has 0 saturated carbocycles. The highest BCUT2D eigenvalue weighted by molar-refractivity contribution is 9.10. The minimum absolute atomic E-state index is 0.176. The fraction of sp³-hybridized carbons (Fsp3) is 0.300. The van der Waals surface area contributed by atoms with Crippen LogP contribution in [-0.4, -0.2) is 13.7 Å². The molecule has 0 bridgehead atoms. The molecule has 1 N–H and O–H groups in total. The number of hydrogen-bond donors (Lipinski definition) is 1. The number of halogens is 1. The fourth-order valence-electron chi connectivity index (χ4n) is 1.01. The van der Waals surface area contributed by atoms with Crippen LogP contribution in [0.2, 0.25) is 0 Å². The van der Waals surface area contributed by atoms with Gasteiger partial charge in [0.15, 0.2) is 5.25 Å². The van der Waals surface area contributed by atoms with Gasteiger partial charge in [-0.3, -0.25) is 0 Å². The monoisotopic (exact) mass is 302 g/mol. The first-order chi connectivity index (χ1) is 7.47. The number of rotatable bonds is 4. The Balaban J connectivity index is 2.74. The van der Waals surface area contributed by atoms with E-state index in [0.29, 0.717) is 0 Å². The third-order valence-corrected chi connectivity index (χ3v) is 4.43. The molecule has 0 fully saturated rings. The lowest BCUT2D eigenvalue weighted by Gasteiger charge is -2.08. The number of hydrogen-bond acceptors (Lipinski definition) is 3. The molecule has 0 radical (unpaired) electrons. The van der Waals surface area contributed by atoms with E-state index in [-0.39, 0.29) is 6.54 Å². The van der Waals surface area contributed by atoms with Crippen molar-refractivity contribution in [3.8, 4) is 6.07 Å². The number of nitriles is 1. The summed E-state index contributed by atoms with van der Waals surface area (Å²) in [5.41, 5.74) is 0.830. The Morgan fingerprint density at radius 1 is 1.50 bits per heavy atom. The fourth-order valence-corrected chi connectivity index (χ4v) is 2.18. The van der Waals surface area contributed by atoms with E-state index in [4.69, 9.17) is 5.26 Å². The minimum atomic E-state index is -3.56. The Bertz CT molecular complexity index is 508. The molecule has 0 heterocycles. The predicted molar refractivity (Wildman–Crippen MR) is 65.0 cm³/mol. The number of sulfonamides is 1. The van der Waals surface area contributed by atoms with Gasteiger partial charge in [-0.25, -0.2) is 13.1 Å². The van der Waals surface area contributed by atoms with Crippen molar-refractivity contribution in [2.75, 3.05) is 0 Å². The van der Waals surface area contributed by atoms with Crippen LogP contribution in [0.25, 0.3) is 0 Å². The Kier molecular flexibility index (Phi) is 4.47. The van der Waals surface area contributed by atoms with Crippen LogP contribution in [-0.2, 0) is 16.6 Å². The van der Waals surface area contributed by atoms with Crippen LogP contribution in [0, 0.1) is 11.3 Å². The molecule has 1 aromatic rings. The molecule has 1 rings (SSSR count). The normalized spacial score (nSPS) is 13.1. The van der Waals surface area contributed by atoms with Crippen LogP contribution in [0.15, 0.2) is 28.7 Å². The van der Waals surface area contributed by atoms with E-state index < -0.39 is 15.3 Å². The average Bonchev–Trinajstić information content (AvgIpc) is 2.27. The zero-order valence-corrected chi connectivity index (χ0v) is 11.0. The summed E-state index contributed by atoms with van der Waals surface area (Å²) in [4.78, 5) is 0. The maximum atomic E-state index is 11.5. The van der Waals surface area contributed by atoms with Gasteiger partial charge in [0.25, 0.3) is 0 Å². The van der Waals surface area contributed by atoms with Crippen molar-refractivity contribution in [2.24, 2.45) is 0 Å². The van der Waals surface area contributed by atoms with E-state index in [1.807, 2.05) is 24.3 Å². The maximum Gasteiger partial charge on any atom is 0.227 e. The highest BCUT2D eigenvalue weighted by Crippen LogP contribution is 2.15. The van der Waals surface area contributed by atoms with Crippen molar-refractivity contribution in [3.63, 3.8) is 0 Å². The van der Waals surface area contributed by atoms with Crippen LogP contribution in [0.3, 0.4) is 0 Å². The van der Waals surface area contributed by atoms with E-state index in [1.54, 1.807) is 6.07 Å². The van der Waals surface area contributed by atoms with Gasteiger partial charge in [0, 0.05) is 11.0 Å². The SMILES string of the molecule is CC(C#N)S(=O)(=O)NCc1ccccc1Br. The standard InChI is InChI=1S/C10H11BrN2O2S/c1-8(6-12)16(14,15)13-7-9-4-2-3-5-10(9)11/h2-5,8,13H,7H2,1H3. The van der Waals surface area contributed by atoms with Crippen molar-refractivity contribution < 1.29 is 8.42 Å². The van der Waals surface area contributed by atoms with Crippen molar-refractivity contribution in [2.45, 2.75) is 18.7 Å². The van der Waals surface area contributed by atoms with Gasteiger partial charge in [0.2, 0.25) is 10.0 Å². The summed E-state index contributed by atoms with van der Waals surface area (Å²) in [6.45, 7) is 1.53. The lowest BCUT2D eigenvalue weighted by Crippen LogP contribution is -2.31. The highest BCUT2D eigenvalue weighted by Gasteiger charge is 2.19. The molecule has 6 heteroatoms. The molecule has 0 aromatic heterocycles. The van der Waals surface area contributed by atoms with E-state index in [2.05, 4.69) is 20.7 Å². The van der Waals surface area contributed by atoms with Gasteiger partial charge in [0.05, 0.1) is 6.07 Å². The zero-order valence-electron chi connectivity index (χ0n) is 8.64. The summed E-state index contributed by atoms with van der Waals surface area (Å²) >= 11 is 3.32. The Hall–Kier alpha value is -0.900. The number of nitrogens with zero attached hydrogens (tertiary/aromatic N) is 1. The average molecular weight is 303 g/mol. The van der Waals surface area contributed by atoms with Crippen molar-refractivity contribution in [1.29, 1.82) is 5.26 Å². The van der Waals surface area contributed by atoms with Crippen LogP contribution < -0.4 is 4.72 Å². The molecule has 0 aliphatic heterocycles. The number of benzene rings is 1. The molecule has 86 valence electrons. The molecule has 0 aliphatic rings. The zero-order chi connectivity index (χ0) is 12.2. The second kappa shape index (κ2) is 5.43. The summed E-state index contributed by atoms with van der Waals surface area (Å²) in [6.07, 6.45) is 0. The van der Waals surface area contributed by atoms with Gasteiger partial charge in [-0.15, -0.1) is 0 Å². The Labute approximate surface area is 103 Å². The first-order valence-electron chi connectivity index (χ1n) is 4.59. The van der Waals surface area contributed by atoms with Crippen molar-refractivity contribution in [1.82, 2.24) is 4.72 Å². The van der Waals surface area contributed by atoms with Crippen LogP contribution in [0.4, 0.5) is 0 Å². The van der Waals surface area contributed by atoms with Crippen molar-refractivity contribution >= 4 is 26.0 Å². The third-order valence-electron chi connectivity index (χ3n) is 2.07. The third kappa shape index (κ3) is 3.30. The Morgan fingerprint density at radius 3 is 2.69 bits per heavy atom. The van der Waals surface area contributed by atoms with Crippen LogP contribution >= 0.6 is 15.9 Å². The summed E-state index contributed by atoms with van der Waals surface area (Å²) in [7, 11) is -3.56. The van der Waals surface area contributed by atoms with E-state index in [1.165, 1.54) is 6.92 Å². The van der Waals surface area contributed by atoms with Gasteiger partial charge < -0.3 is 0 Å². The van der Waals surface area contributed by atoms with Gasteiger partial charge in [-0.05, 0) is 18.6 Å². The first kappa shape index (κ1) is 13.2. The Morgan fingerprint density at radius 2 is 2.12 bits per heavy atom.